The van der Waals surface area contributed by atoms with Crippen molar-refractivity contribution in [2.24, 2.45) is 0 Å². The Morgan fingerprint density at radius 3 is 2.67 bits per heavy atom. The SMILES string of the molecule is C#CC(=O)C1CCC(CNC(=O)OC(C)(C)C)O1. The lowest BCUT2D eigenvalue weighted by atomic mass is 10.1. The van der Waals surface area contributed by atoms with Crippen molar-refractivity contribution in [2.75, 3.05) is 6.54 Å². The number of ether oxygens (including phenoxy) is 2. The van der Waals surface area contributed by atoms with Crippen LogP contribution >= 0.6 is 0 Å². The van der Waals surface area contributed by atoms with Crippen molar-refractivity contribution >= 4 is 11.9 Å². The van der Waals surface area contributed by atoms with Crippen LogP contribution in [0.5, 0.6) is 0 Å². The van der Waals surface area contributed by atoms with Crippen LogP contribution in [-0.4, -0.2) is 36.2 Å². The Labute approximate surface area is 107 Å². The van der Waals surface area contributed by atoms with E-state index >= 15 is 0 Å². The maximum absolute atomic E-state index is 11.4. The van der Waals surface area contributed by atoms with E-state index in [4.69, 9.17) is 15.9 Å². The Balaban J connectivity index is 2.28. The normalized spacial score (nSPS) is 23.2. The van der Waals surface area contributed by atoms with E-state index in [9.17, 15) is 9.59 Å². The minimum absolute atomic E-state index is 0.181. The van der Waals surface area contributed by atoms with Crippen LogP contribution in [0.2, 0.25) is 0 Å². The van der Waals surface area contributed by atoms with Gasteiger partial charge in [-0.1, -0.05) is 0 Å². The number of nitrogens with one attached hydrogen (secondary N) is 1. The van der Waals surface area contributed by atoms with Crippen molar-refractivity contribution in [3.63, 3.8) is 0 Å². The second-order valence-corrected chi connectivity index (χ2v) is 5.22. The number of carbonyl (C=O) groups is 2. The molecule has 1 fully saturated rings. The first-order valence-corrected chi connectivity index (χ1v) is 5.94. The highest BCUT2D eigenvalue weighted by molar-refractivity contribution is 5.98. The fraction of sp³-hybridized carbons (Fsp3) is 0.692. The van der Waals surface area contributed by atoms with Crippen LogP contribution in [0.1, 0.15) is 33.6 Å². The Morgan fingerprint density at radius 1 is 1.44 bits per heavy atom. The van der Waals surface area contributed by atoms with Crippen LogP contribution in [0.15, 0.2) is 0 Å². The molecule has 1 N–H and O–H groups in total. The number of Topliss-reactive ketones (excluding diaryl/α,β-unsaturated/α-hetero) is 1. The molecular weight excluding hydrogens is 234 g/mol. The van der Waals surface area contributed by atoms with Crippen LogP contribution in [-0.2, 0) is 14.3 Å². The summed E-state index contributed by atoms with van der Waals surface area (Å²) in [5.41, 5.74) is -0.525. The van der Waals surface area contributed by atoms with Gasteiger partial charge in [-0.2, -0.15) is 0 Å². The fourth-order valence-corrected chi connectivity index (χ4v) is 1.65. The van der Waals surface area contributed by atoms with Gasteiger partial charge >= 0.3 is 6.09 Å². The molecule has 0 spiro atoms. The molecule has 5 heteroatoms. The van der Waals surface area contributed by atoms with Crippen LogP contribution in [0.25, 0.3) is 0 Å². The third kappa shape index (κ3) is 4.76. The molecule has 0 aromatic heterocycles. The molecule has 0 saturated carbocycles. The molecule has 1 rings (SSSR count). The minimum atomic E-state index is -0.527. The van der Waals surface area contributed by atoms with Crippen molar-refractivity contribution in [3.05, 3.63) is 0 Å². The van der Waals surface area contributed by atoms with E-state index in [1.165, 1.54) is 0 Å². The highest BCUT2D eigenvalue weighted by atomic mass is 16.6. The predicted octanol–water partition coefficient (Wildman–Crippen LogP) is 1.26. The van der Waals surface area contributed by atoms with Crippen molar-refractivity contribution in [1.82, 2.24) is 5.32 Å². The Morgan fingerprint density at radius 2 is 2.11 bits per heavy atom. The Bertz CT molecular complexity index is 364. The van der Waals surface area contributed by atoms with Crippen LogP contribution < -0.4 is 5.32 Å². The number of ketones is 1. The standard InChI is InChI=1S/C13H19NO4/c1-5-10(15)11-7-6-9(17-11)8-14-12(16)18-13(2,3)4/h1,9,11H,6-8H2,2-4H3,(H,14,16). The topological polar surface area (TPSA) is 64.6 Å². The highest BCUT2D eigenvalue weighted by Gasteiger charge is 2.30. The van der Waals surface area contributed by atoms with Crippen molar-refractivity contribution in [1.29, 1.82) is 0 Å². The molecule has 2 atom stereocenters. The van der Waals surface area contributed by atoms with E-state index in [-0.39, 0.29) is 11.9 Å². The van der Waals surface area contributed by atoms with E-state index in [0.29, 0.717) is 19.4 Å². The number of terminal acetylenes is 1. The lowest BCUT2D eigenvalue weighted by Crippen LogP contribution is -2.37. The Kier molecular flexibility index (Phi) is 4.74. The summed E-state index contributed by atoms with van der Waals surface area (Å²) >= 11 is 0. The predicted molar refractivity (Wildman–Crippen MR) is 66.0 cm³/mol. The Hall–Kier alpha value is -1.54. The molecule has 5 nitrogen and oxygen atoms in total. The molecule has 0 aromatic carbocycles. The molecule has 1 saturated heterocycles. The summed E-state index contributed by atoms with van der Waals surface area (Å²) in [5, 5.41) is 2.61. The zero-order valence-corrected chi connectivity index (χ0v) is 11.0. The van der Waals surface area contributed by atoms with Crippen molar-refractivity contribution in [3.8, 4) is 12.3 Å². The lowest BCUT2D eigenvalue weighted by Gasteiger charge is -2.20. The lowest BCUT2D eigenvalue weighted by molar-refractivity contribution is -0.123. The summed E-state index contributed by atoms with van der Waals surface area (Å²) in [6.07, 6.45) is 5.13. The smallest absolute Gasteiger partial charge is 0.407 e. The molecule has 0 aliphatic carbocycles. The molecule has 1 amide bonds. The van der Waals surface area contributed by atoms with E-state index in [1.807, 2.05) is 5.92 Å². The van der Waals surface area contributed by atoms with Gasteiger partial charge in [0.1, 0.15) is 11.7 Å². The monoisotopic (exact) mass is 253 g/mol. The molecule has 1 aliphatic heterocycles. The zero-order chi connectivity index (χ0) is 13.8. The molecule has 1 aliphatic rings. The molecule has 0 radical (unpaired) electrons. The van der Waals surface area contributed by atoms with Gasteiger partial charge in [0.2, 0.25) is 5.78 Å². The maximum Gasteiger partial charge on any atom is 0.407 e. The second kappa shape index (κ2) is 5.87. The molecule has 1 heterocycles. The van der Waals surface area contributed by atoms with E-state index in [2.05, 4.69) is 5.32 Å². The van der Waals surface area contributed by atoms with E-state index in [0.717, 1.165) is 0 Å². The third-order valence-electron chi connectivity index (χ3n) is 2.42. The van der Waals surface area contributed by atoms with Gasteiger partial charge in [-0.05, 0) is 39.5 Å². The molecule has 2 unspecified atom stereocenters. The fourth-order valence-electron chi connectivity index (χ4n) is 1.65. The maximum atomic E-state index is 11.4. The number of alkyl carbamates (subject to hydrolysis) is 1. The second-order valence-electron chi connectivity index (χ2n) is 5.22. The van der Waals surface area contributed by atoms with Gasteiger partial charge < -0.3 is 14.8 Å². The van der Waals surface area contributed by atoms with Crippen LogP contribution in [0, 0.1) is 12.3 Å². The summed E-state index contributed by atoms with van der Waals surface area (Å²) in [4.78, 5) is 22.6. The third-order valence-corrected chi connectivity index (χ3v) is 2.42. The summed E-state index contributed by atoms with van der Waals surface area (Å²) in [6, 6.07) is 0. The van der Waals surface area contributed by atoms with E-state index < -0.39 is 17.8 Å². The van der Waals surface area contributed by atoms with Gasteiger partial charge in [0.15, 0.2) is 0 Å². The first kappa shape index (κ1) is 14.5. The van der Waals surface area contributed by atoms with Gasteiger partial charge in [0.25, 0.3) is 0 Å². The number of amides is 1. The average Bonchev–Trinajstić information content (AvgIpc) is 2.71. The van der Waals surface area contributed by atoms with Crippen LogP contribution in [0.4, 0.5) is 4.79 Å². The average molecular weight is 253 g/mol. The van der Waals surface area contributed by atoms with Gasteiger partial charge in [0.05, 0.1) is 6.10 Å². The molecular formula is C13H19NO4. The number of hydrogen-bond donors (Lipinski definition) is 1. The van der Waals surface area contributed by atoms with Crippen LogP contribution in [0.3, 0.4) is 0 Å². The van der Waals surface area contributed by atoms with Crippen molar-refractivity contribution < 1.29 is 19.1 Å². The summed E-state index contributed by atoms with van der Waals surface area (Å²) in [7, 11) is 0. The molecule has 0 aromatic rings. The van der Waals surface area contributed by atoms with E-state index in [1.54, 1.807) is 20.8 Å². The molecule has 0 bridgehead atoms. The zero-order valence-electron chi connectivity index (χ0n) is 11.0. The molecule has 100 valence electrons. The van der Waals surface area contributed by atoms with Crippen molar-refractivity contribution in [2.45, 2.75) is 51.4 Å². The van der Waals surface area contributed by atoms with Gasteiger partial charge in [0, 0.05) is 6.54 Å². The minimum Gasteiger partial charge on any atom is -0.444 e. The number of hydrogen-bond acceptors (Lipinski definition) is 4. The highest BCUT2D eigenvalue weighted by Crippen LogP contribution is 2.19. The summed E-state index contributed by atoms with van der Waals surface area (Å²) < 4.78 is 10.5. The molecule has 18 heavy (non-hydrogen) atoms. The summed E-state index contributed by atoms with van der Waals surface area (Å²) in [5.74, 6) is 1.71. The first-order valence-electron chi connectivity index (χ1n) is 5.94. The quantitative estimate of drug-likeness (QED) is 0.607. The summed E-state index contributed by atoms with van der Waals surface area (Å²) in [6.45, 7) is 5.70. The van der Waals surface area contributed by atoms with Gasteiger partial charge in [-0.25, -0.2) is 4.79 Å². The number of rotatable bonds is 3. The number of carbonyl (C=O) groups excluding carboxylic acids is 2. The van der Waals surface area contributed by atoms with Gasteiger partial charge in [-0.15, -0.1) is 6.42 Å². The van der Waals surface area contributed by atoms with Gasteiger partial charge in [-0.3, -0.25) is 4.79 Å². The first-order chi connectivity index (χ1) is 8.31. The largest absolute Gasteiger partial charge is 0.444 e.